The zero-order valence-corrected chi connectivity index (χ0v) is 27.5. The molecule has 2 aromatic heterocycles. The lowest BCUT2D eigenvalue weighted by Crippen LogP contribution is -2.03. The number of nitriles is 2. The number of para-hydroxylation sites is 2. The fourth-order valence-corrected chi connectivity index (χ4v) is 7.88. The Labute approximate surface area is 291 Å². The average molecular weight is 641 g/mol. The first-order valence-corrected chi connectivity index (χ1v) is 17.1. The highest BCUT2D eigenvalue weighted by Gasteiger charge is 2.21. The van der Waals surface area contributed by atoms with E-state index in [2.05, 4.69) is 155 Å². The van der Waals surface area contributed by atoms with Gasteiger partial charge in [-0.05, 0) is 96.1 Å². The zero-order valence-electron chi connectivity index (χ0n) is 27.5. The van der Waals surface area contributed by atoms with E-state index in [1.807, 2.05) is 12.1 Å². The van der Waals surface area contributed by atoms with Gasteiger partial charge >= 0.3 is 0 Å². The van der Waals surface area contributed by atoms with Gasteiger partial charge in [0.05, 0.1) is 46.4 Å². The maximum atomic E-state index is 9.95. The van der Waals surface area contributed by atoms with Crippen LogP contribution in [0.1, 0.15) is 40.8 Å². The Bertz CT molecular complexity index is 2730. The van der Waals surface area contributed by atoms with Gasteiger partial charge in [-0.2, -0.15) is 10.5 Å². The summed E-state index contributed by atoms with van der Waals surface area (Å²) in [6.45, 7) is 0. The van der Waals surface area contributed by atoms with Gasteiger partial charge in [-0.15, -0.1) is 0 Å². The standard InChI is InChI=1S/C46H32N4/c47-26-25-32-22-23-34(33-11-10-12-35(28-33)49-42-18-7-4-14-36(42)37-15-5-8-19-43(37)49)29-40(32)38-13-2-1-3-17-44(38)50-45-20-9-6-16-39(45)41-27-31(30-48)21-24-46(41)50/h2-7,9-18,20-24,27-29H,1,8,19,25H2. The minimum Gasteiger partial charge on any atom is -0.313 e. The van der Waals surface area contributed by atoms with Crippen LogP contribution >= 0.6 is 0 Å². The number of benzene rings is 5. The van der Waals surface area contributed by atoms with Gasteiger partial charge in [0, 0.05) is 38.7 Å². The molecule has 50 heavy (non-hydrogen) atoms. The number of hydrogen-bond donors (Lipinski definition) is 0. The molecule has 0 bridgehead atoms. The normalized spacial score (nSPS) is 13.9. The lowest BCUT2D eigenvalue weighted by molar-refractivity contribution is 0.889. The molecule has 0 atom stereocenters. The van der Waals surface area contributed by atoms with Crippen LogP contribution in [0.3, 0.4) is 0 Å². The number of rotatable bonds is 5. The van der Waals surface area contributed by atoms with Crippen molar-refractivity contribution in [3.05, 3.63) is 168 Å². The lowest BCUT2D eigenvalue weighted by atomic mass is 9.91. The van der Waals surface area contributed by atoms with Crippen molar-refractivity contribution in [1.82, 2.24) is 9.13 Å². The lowest BCUT2D eigenvalue weighted by Gasteiger charge is -2.18. The molecule has 9 rings (SSSR count). The summed E-state index contributed by atoms with van der Waals surface area (Å²) in [5.41, 5.74) is 14.2. The third-order valence-electron chi connectivity index (χ3n) is 10.1. The summed E-state index contributed by atoms with van der Waals surface area (Å²) >= 11 is 0. The minimum atomic E-state index is 0.303. The second kappa shape index (κ2) is 12.1. The van der Waals surface area contributed by atoms with E-state index in [9.17, 15) is 10.5 Å². The van der Waals surface area contributed by atoms with Crippen LogP contribution in [-0.4, -0.2) is 9.13 Å². The summed E-state index contributed by atoms with van der Waals surface area (Å²) in [7, 11) is 0. The topological polar surface area (TPSA) is 57.4 Å². The maximum absolute atomic E-state index is 9.95. The number of aromatic nitrogens is 2. The van der Waals surface area contributed by atoms with E-state index < -0.39 is 0 Å². The van der Waals surface area contributed by atoms with Gasteiger partial charge in [0.2, 0.25) is 0 Å². The van der Waals surface area contributed by atoms with Crippen molar-refractivity contribution in [2.24, 2.45) is 0 Å². The second-order valence-corrected chi connectivity index (χ2v) is 12.9. The highest BCUT2D eigenvalue weighted by molar-refractivity contribution is 6.13. The Morgan fingerprint density at radius 3 is 2.26 bits per heavy atom. The smallest absolute Gasteiger partial charge is 0.0991 e. The predicted octanol–water partition coefficient (Wildman–Crippen LogP) is 11.2. The van der Waals surface area contributed by atoms with Crippen LogP contribution in [0.5, 0.6) is 0 Å². The first-order chi connectivity index (χ1) is 24.7. The molecule has 236 valence electrons. The molecule has 0 radical (unpaired) electrons. The van der Waals surface area contributed by atoms with Gasteiger partial charge in [-0.1, -0.05) is 91.0 Å². The molecule has 2 aliphatic rings. The highest BCUT2D eigenvalue weighted by Crippen LogP contribution is 2.40. The SMILES string of the molecule is N#CCc1ccc(-c2cccc(-n3c4c(c5ccccc53)C=CCC4)c2)cc1C1=C(n2c3ccccc3c3cc(C#N)ccc32)C=CCC=C1. The van der Waals surface area contributed by atoms with E-state index in [0.29, 0.717) is 12.0 Å². The Kier molecular flexibility index (Phi) is 7.15. The van der Waals surface area contributed by atoms with Crippen LogP contribution in [0, 0.1) is 22.7 Å². The van der Waals surface area contributed by atoms with Crippen LogP contribution in [0.15, 0.2) is 140 Å². The van der Waals surface area contributed by atoms with E-state index >= 15 is 0 Å². The summed E-state index contributed by atoms with van der Waals surface area (Å²) < 4.78 is 4.74. The van der Waals surface area contributed by atoms with Crippen molar-refractivity contribution in [1.29, 1.82) is 10.5 Å². The molecule has 7 aromatic rings. The van der Waals surface area contributed by atoms with Crippen LogP contribution in [0.4, 0.5) is 0 Å². The van der Waals surface area contributed by atoms with Crippen molar-refractivity contribution in [2.45, 2.75) is 25.7 Å². The molecule has 2 heterocycles. The molecule has 0 unspecified atom stereocenters. The van der Waals surface area contributed by atoms with Crippen molar-refractivity contribution >= 4 is 50.1 Å². The molecule has 0 fully saturated rings. The van der Waals surface area contributed by atoms with Crippen LogP contribution in [0.2, 0.25) is 0 Å². The quantitative estimate of drug-likeness (QED) is 0.188. The molecule has 4 nitrogen and oxygen atoms in total. The average Bonchev–Trinajstić information content (AvgIpc) is 3.56. The Hall–Kier alpha value is -6.62. The third-order valence-corrected chi connectivity index (χ3v) is 10.1. The summed E-state index contributed by atoms with van der Waals surface area (Å²) in [5.74, 6) is 0. The van der Waals surface area contributed by atoms with E-state index in [1.54, 1.807) is 0 Å². The number of fused-ring (bicyclic) bond motifs is 6. The molecule has 5 aromatic carbocycles. The molecule has 0 amide bonds. The fourth-order valence-electron chi connectivity index (χ4n) is 7.88. The molecule has 0 aliphatic heterocycles. The van der Waals surface area contributed by atoms with E-state index in [-0.39, 0.29) is 0 Å². The van der Waals surface area contributed by atoms with Crippen molar-refractivity contribution < 1.29 is 0 Å². The summed E-state index contributed by atoms with van der Waals surface area (Å²) in [6.07, 6.45) is 16.5. The van der Waals surface area contributed by atoms with Gasteiger partial charge in [-0.25, -0.2) is 0 Å². The van der Waals surface area contributed by atoms with Crippen LogP contribution in [-0.2, 0) is 12.8 Å². The Morgan fingerprint density at radius 2 is 1.40 bits per heavy atom. The summed E-state index contributed by atoms with van der Waals surface area (Å²) in [5, 5.41) is 23.1. The van der Waals surface area contributed by atoms with Gasteiger partial charge in [-0.3, -0.25) is 0 Å². The van der Waals surface area contributed by atoms with Crippen LogP contribution < -0.4 is 0 Å². The first-order valence-electron chi connectivity index (χ1n) is 17.1. The summed E-state index contributed by atoms with van der Waals surface area (Å²) in [6, 6.07) is 43.1. The van der Waals surface area contributed by atoms with Crippen molar-refractivity contribution in [3.63, 3.8) is 0 Å². The first kappa shape index (κ1) is 29.5. The largest absolute Gasteiger partial charge is 0.313 e. The second-order valence-electron chi connectivity index (χ2n) is 12.9. The van der Waals surface area contributed by atoms with Crippen molar-refractivity contribution in [2.75, 3.05) is 0 Å². The molecular formula is C46H32N4. The third kappa shape index (κ3) is 4.73. The summed E-state index contributed by atoms with van der Waals surface area (Å²) in [4.78, 5) is 0. The van der Waals surface area contributed by atoms with E-state index in [1.165, 1.54) is 22.2 Å². The molecular weight excluding hydrogens is 609 g/mol. The van der Waals surface area contributed by atoms with Crippen LogP contribution in [0.25, 0.3) is 66.9 Å². The maximum Gasteiger partial charge on any atom is 0.0991 e. The van der Waals surface area contributed by atoms with Crippen molar-refractivity contribution in [3.8, 4) is 29.0 Å². The molecule has 4 heteroatoms. The fraction of sp³-hybridized carbons (Fsp3) is 0.0870. The number of allylic oxidation sites excluding steroid dienone is 7. The van der Waals surface area contributed by atoms with Gasteiger partial charge in [0.1, 0.15) is 0 Å². The van der Waals surface area contributed by atoms with E-state index in [4.69, 9.17) is 0 Å². The molecule has 0 N–H and O–H groups in total. The number of hydrogen-bond acceptors (Lipinski definition) is 2. The molecule has 0 saturated heterocycles. The number of nitrogens with zero attached hydrogens (tertiary/aromatic N) is 4. The predicted molar refractivity (Wildman–Crippen MR) is 206 cm³/mol. The van der Waals surface area contributed by atoms with Gasteiger partial charge in [0.15, 0.2) is 0 Å². The molecule has 0 saturated carbocycles. The van der Waals surface area contributed by atoms with E-state index in [0.717, 1.165) is 80.3 Å². The highest BCUT2D eigenvalue weighted by atomic mass is 15.0. The van der Waals surface area contributed by atoms with Gasteiger partial charge in [0.25, 0.3) is 0 Å². The van der Waals surface area contributed by atoms with Gasteiger partial charge < -0.3 is 9.13 Å². The Morgan fingerprint density at radius 1 is 0.620 bits per heavy atom. The molecule has 2 aliphatic carbocycles. The monoisotopic (exact) mass is 640 g/mol. The zero-order chi connectivity index (χ0) is 33.6. The minimum absolute atomic E-state index is 0.303. The molecule has 0 spiro atoms. The Balaban J connectivity index is 1.25.